The van der Waals surface area contributed by atoms with Gasteiger partial charge in [0.1, 0.15) is 6.29 Å². The maximum atomic E-state index is 11.1. The van der Waals surface area contributed by atoms with Crippen LogP contribution >= 0.6 is 0 Å². The van der Waals surface area contributed by atoms with Gasteiger partial charge in [-0.25, -0.2) is 0 Å². The lowest BCUT2D eigenvalue weighted by molar-refractivity contribution is -0.115. The average Bonchev–Trinajstić information content (AvgIpc) is 2.10. The molecule has 0 rings (SSSR count). The van der Waals surface area contributed by atoms with Gasteiger partial charge in [0.2, 0.25) is 0 Å². The largest absolute Gasteiger partial charge is 0.312 e. The molecule has 0 bridgehead atoms. The summed E-state index contributed by atoms with van der Waals surface area (Å²) in [6, 6.07) is 0. The van der Waals surface area contributed by atoms with Gasteiger partial charge in [0.25, 0.3) is 0 Å². The quantitative estimate of drug-likeness (QED) is 0.636. The average molecular weight is 284 g/mol. The van der Waals surface area contributed by atoms with Crippen LogP contribution in [0, 0.1) is 5.41 Å². The second-order valence-electron chi connectivity index (χ2n) is 8.77. The Morgan fingerprint density at radius 3 is 1.65 bits per heavy atom. The summed E-state index contributed by atoms with van der Waals surface area (Å²) < 4.78 is 0. The van der Waals surface area contributed by atoms with Crippen LogP contribution in [0.25, 0.3) is 0 Å². The van der Waals surface area contributed by atoms with Crippen molar-refractivity contribution in [2.45, 2.75) is 91.8 Å². The van der Waals surface area contributed by atoms with Crippen LogP contribution in [0.2, 0.25) is 0 Å². The van der Waals surface area contributed by atoms with Crippen molar-refractivity contribution in [3.8, 4) is 0 Å². The first-order chi connectivity index (χ1) is 8.74. The van der Waals surface area contributed by atoms with E-state index in [1.807, 2.05) is 13.8 Å². The van der Waals surface area contributed by atoms with Crippen LogP contribution in [0.5, 0.6) is 0 Å². The van der Waals surface area contributed by atoms with Crippen molar-refractivity contribution < 1.29 is 4.79 Å². The first-order valence-corrected chi connectivity index (χ1v) is 7.75. The highest BCUT2D eigenvalue weighted by Gasteiger charge is 2.35. The number of aldehydes is 1. The molecule has 0 saturated carbocycles. The van der Waals surface area contributed by atoms with E-state index in [4.69, 9.17) is 0 Å². The van der Waals surface area contributed by atoms with Gasteiger partial charge in [0.15, 0.2) is 0 Å². The van der Waals surface area contributed by atoms with Crippen molar-refractivity contribution in [1.29, 1.82) is 0 Å². The summed E-state index contributed by atoms with van der Waals surface area (Å²) in [7, 11) is 0. The van der Waals surface area contributed by atoms with E-state index in [9.17, 15) is 4.79 Å². The Labute approximate surface area is 126 Å². The van der Waals surface area contributed by atoms with Gasteiger partial charge < -0.3 is 15.4 Å². The molecule has 0 spiro atoms. The van der Waals surface area contributed by atoms with Gasteiger partial charge in [-0.3, -0.25) is 0 Å². The minimum absolute atomic E-state index is 0.00807. The molecule has 0 radical (unpaired) electrons. The van der Waals surface area contributed by atoms with Gasteiger partial charge in [-0.1, -0.05) is 20.8 Å². The summed E-state index contributed by atoms with van der Waals surface area (Å²) in [5.41, 5.74) is -0.254. The van der Waals surface area contributed by atoms with E-state index in [2.05, 4.69) is 59.1 Å². The van der Waals surface area contributed by atoms with E-state index in [1.165, 1.54) is 0 Å². The molecule has 0 aliphatic carbocycles. The van der Waals surface area contributed by atoms with Gasteiger partial charge >= 0.3 is 0 Å². The molecule has 0 saturated heterocycles. The van der Waals surface area contributed by atoms with E-state index >= 15 is 0 Å². The standard InChI is InChI=1S/C17H36N2O/c1-10-18-15(4,5)12-17(8,9)19-16(6,7)11-14(2,3)13-20/h13,18-19H,10-12H2,1-9H3. The highest BCUT2D eigenvalue weighted by atomic mass is 16.1. The zero-order valence-electron chi connectivity index (χ0n) is 15.1. The zero-order valence-corrected chi connectivity index (χ0v) is 15.1. The topological polar surface area (TPSA) is 41.1 Å². The maximum absolute atomic E-state index is 11.1. The van der Waals surface area contributed by atoms with Crippen LogP contribution in [-0.4, -0.2) is 29.4 Å². The van der Waals surface area contributed by atoms with Gasteiger partial charge in [-0.15, -0.1) is 0 Å². The van der Waals surface area contributed by atoms with E-state index in [1.54, 1.807) is 0 Å². The Kier molecular flexibility index (Phi) is 6.43. The SMILES string of the molecule is CCNC(C)(C)CC(C)(C)NC(C)(C)CC(C)(C)C=O. The van der Waals surface area contributed by atoms with E-state index in [0.717, 1.165) is 25.7 Å². The molecule has 0 amide bonds. The zero-order chi connectivity index (χ0) is 16.2. The second kappa shape index (κ2) is 6.57. The predicted octanol–water partition coefficient (Wildman–Crippen LogP) is 3.53. The highest BCUT2D eigenvalue weighted by Crippen LogP contribution is 2.29. The van der Waals surface area contributed by atoms with Crippen LogP contribution in [0.4, 0.5) is 0 Å². The second-order valence-corrected chi connectivity index (χ2v) is 8.77. The Morgan fingerprint density at radius 1 is 0.800 bits per heavy atom. The molecule has 0 unspecified atom stereocenters. The van der Waals surface area contributed by atoms with Crippen LogP contribution < -0.4 is 10.6 Å². The van der Waals surface area contributed by atoms with E-state index in [0.29, 0.717) is 0 Å². The summed E-state index contributed by atoms with van der Waals surface area (Å²) in [5.74, 6) is 0. The highest BCUT2D eigenvalue weighted by molar-refractivity contribution is 5.58. The molecule has 0 aromatic heterocycles. The third kappa shape index (κ3) is 8.01. The van der Waals surface area contributed by atoms with Crippen LogP contribution in [0.1, 0.15) is 75.2 Å². The Balaban J connectivity index is 4.77. The van der Waals surface area contributed by atoms with Crippen molar-refractivity contribution in [1.82, 2.24) is 10.6 Å². The molecule has 3 nitrogen and oxygen atoms in total. The third-order valence-corrected chi connectivity index (χ3v) is 3.43. The fourth-order valence-corrected chi connectivity index (χ4v) is 3.83. The molecule has 0 atom stereocenters. The lowest BCUT2D eigenvalue weighted by Crippen LogP contribution is -2.57. The summed E-state index contributed by atoms with van der Waals surface area (Å²) >= 11 is 0. The van der Waals surface area contributed by atoms with Crippen LogP contribution in [0.3, 0.4) is 0 Å². The molecular formula is C17H36N2O. The van der Waals surface area contributed by atoms with Gasteiger partial charge in [0, 0.05) is 22.0 Å². The minimum atomic E-state index is -0.288. The van der Waals surface area contributed by atoms with Crippen LogP contribution in [0.15, 0.2) is 0 Å². The molecule has 0 aromatic carbocycles. The van der Waals surface area contributed by atoms with Crippen molar-refractivity contribution in [3.63, 3.8) is 0 Å². The Hall–Kier alpha value is -0.410. The molecule has 120 valence electrons. The van der Waals surface area contributed by atoms with Gasteiger partial charge in [-0.2, -0.15) is 0 Å². The molecule has 3 heteroatoms. The molecule has 0 aromatic rings. The Bertz CT molecular complexity index is 317. The van der Waals surface area contributed by atoms with Crippen molar-refractivity contribution in [2.75, 3.05) is 6.54 Å². The minimum Gasteiger partial charge on any atom is -0.312 e. The summed E-state index contributed by atoms with van der Waals surface area (Å²) in [6.45, 7) is 20.4. The lowest BCUT2D eigenvalue weighted by atomic mass is 9.78. The van der Waals surface area contributed by atoms with Crippen molar-refractivity contribution in [2.24, 2.45) is 5.41 Å². The number of hydrogen-bond acceptors (Lipinski definition) is 3. The molecule has 20 heavy (non-hydrogen) atoms. The number of hydrogen-bond donors (Lipinski definition) is 2. The molecule has 0 heterocycles. The van der Waals surface area contributed by atoms with Gasteiger partial charge in [-0.05, 0) is 60.9 Å². The fraction of sp³-hybridized carbons (Fsp3) is 0.941. The normalized spacial score (nSPS) is 14.4. The molecular weight excluding hydrogens is 248 g/mol. The lowest BCUT2D eigenvalue weighted by Gasteiger charge is -2.43. The summed E-state index contributed by atoms with van der Waals surface area (Å²) in [5, 5.41) is 7.27. The smallest absolute Gasteiger partial charge is 0.125 e. The molecule has 0 fully saturated rings. The number of rotatable bonds is 9. The Morgan fingerprint density at radius 2 is 1.25 bits per heavy atom. The number of carbonyl (C=O) groups excluding carboxylic acids is 1. The summed E-state index contributed by atoms with van der Waals surface area (Å²) in [6.07, 6.45) is 2.92. The van der Waals surface area contributed by atoms with E-state index in [-0.39, 0.29) is 22.0 Å². The third-order valence-electron chi connectivity index (χ3n) is 3.43. The van der Waals surface area contributed by atoms with Crippen molar-refractivity contribution in [3.05, 3.63) is 0 Å². The predicted molar refractivity (Wildman–Crippen MR) is 88.1 cm³/mol. The number of nitrogens with one attached hydrogen (secondary N) is 2. The first-order valence-electron chi connectivity index (χ1n) is 7.75. The monoisotopic (exact) mass is 284 g/mol. The van der Waals surface area contributed by atoms with Gasteiger partial charge in [0.05, 0.1) is 0 Å². The van der Waals surface area contributed by atoms with E-state index < -0.39 is 0 Å². The molecule has 2 N–H and O–H groups in total. The van der Waals surface area contributed by atoms with Crippen LogP contribution in [-0.2, 0) is 4.79 Å². The first kappa shape index (κ1) is 19.6. The fourth-order valence-electron chi connectivity index (χ4n) is 3.83. The maximum Gasteiger partial charge on any atom is 0.125 e. The van der Waals surface area contributed by atoms with Crippen molar-refractivity contribution >= 4 is 6.29 Å². The number of carbonyl (C=O) groups is 1. The summed E-state index contributed by atoms with van der Waals surface area (Å²) in [4.78, 5) is 11.1. The molecule has 0 aliphatic heterocycles. The molecule has 0 aliphatic rings.